The molecular weight excluding hydrogens is 280 g/mol. The largest absolute Gasteiger partial charge is 0.463 e. The average Bonchev–Trinajstić information content (AvgIpc) is 2.48. The number of ether oxygens (including phenoxy) is 2. The van der Waals surface area contributed by atoms with Gasteiger partial charge in [0.1, 0.15) is 0 Å². The molecule has 0 aromatic carbocycles. The van der Waals surface area contributed by atoms with Gasteiger partial charge in [0.2, 0.25) is 0 Å². The van der Waals surface area contributed by atoms with Crippen molar-refractivity contribution in [2.45, 2.75) is 96.5 Å². The molecule has 1 fully saturated rings. The third kappa shape index (κ3) is 9.80. The van der Waals surface area contributed by atoms with Crippen molar-refractivity contribution in [3.63, 3.8) is 0 Å². The van der Waals surface area contributed by atoms with E-state index in [1.165, 1.54) is 58.3 Å². The van der Waals surface area contributed by atoms with Crippen LogP contribution in [0.4, 0.5) is 0 Å². The molecule has 0 N–H and O–H groups in total. The van der Waals surface area contributed by atoms with Gasteiger partial charge >= 0.3 is 11.9 Å². The summed E-state index contributed by atoms with van der Waals surface area (Å²) in [5.41, 5.74) is 0. The van der Waals surface area contributed by atoms with E-state index in [0.29, 0.717) is 13.0 Å². The van der Waals surface area contributed by atoms with E-state index < -0.39 is 12.1 Å². The summed E-state index contributed by atoms with van der Waals surface area (Å²) in [6.07, 6.45) is 14.2. The Hall–Kier alpha value is -1.06. The van der Waals surface area contributed by atoms with E-state index in [2.05, 4.69) is 0 Å². The molecule has 0 saturated carbocycles. The number of cyclic esters (lactones) is 1. The topological polar surface area (TPSA) is 52.6 Å². The van der Waals surface area contributed by atoms with E-state index in [4.69, 9.17) is 9.47 Å². The first kappa shape index (κ1) is 19.0. The fourth-order valence-corrected chi connectivity index (χ4v) is 2.89. The smallest absolute Gasteiger partial charge is 0.347 e. The van der Waals surface area contributed by atoms with E-state index in [-0.39, 0.29) is 5.97 Å². The fourth-order valence-electron chi connectivity index (χ4n) is 2.89. The van der Waals surface area contributed by atoms with Crippen LogP contribution in [0.5, 0.6) is 0 Å². The lowest BCUT2D eigenvalue weighted by atomic mass is 10.0. The van der Waals surface area contributed by atoms with Crippen LogP contribution >= 0.6 is 0 Å². The number of hydrogen-bond acceptors (Lipinski definition) is 4. The second-order valence-electron chi connectivity index (χ2n) is 6.30. The Labute approximate surface area is 134 Å². The molecular formula is C18H32O4. The zero-order valence-electron chi connectivity index (χ0n) is 14.1. The van der Waals surface area contributed by atoms with Crippen LogP contribution in [-0.2, 0) is 19.1 Å². The molecule has 0 aromatic rings. The summed E-state index contributed by atoms with van der Waals surface area (Å²) < 4.78 is 10.4. The molecule has 1 unspecified atom stereocenters. The van der Waals surface area contributed by atoms with Crippen LogP contribution in [0.15, 0.2) is 0 Å². The van der Waals surface area contributed by atoms with Gasteiger partial charge < -0.3 is 9.47 Å². The van der Waals surface area contributed by atoms with Crippen LogP contribution in [-0.4, -0.2) is 24.6 Å². The van der Waals surface area contributed by atoms with E-state index in [1.807, 2.05) is 0 Å². The summed E-state index contributed by atoms with van der Waals surface area (Å²) in [6, 6.07) is 0. The summed E-state index contributed by atoms with van der Waals surface area (Å²) in [5, 5.41) is 0. The predicted molar refractivity (Wildman–Crippen MR) is 86.5 cm³/mol. The van der Waals surface area contributed by atoms with Crippen molar-refractivity contribution in [3.8, 4) is 0 Å². The van der Waals surface area contributed by atoms with Gasteiger partial charge in [0.15, 0.2) is 6.10 Å². The van der Waals surface area contributed by atoms with Gasteiger partial charge in [-0.15, -0.1) is 0 Å². The second kappa shape index (κ2) is 12.5. The molecule has 1 heterocycles. The average molecular weight is 312 g/mol. The van der Waals surface area contributed by atoms with Gasteiger partial charge in [0.05, 0.1) is 6.61 Å². The van der Waals surface area contributed by atoms with Gasteiger partial charge in [-0.05, 0) is 19.3 Å². The quantitative estimate of drug-likeness (QED) is 0.667. The standard InChI is InChI=1S/C18H32O4/c1-16(19)22-17-14-12-10-8-6-4-2-3-5-7-9-11-13-15-21-18(17)20/h17H,2-15H2,1H3. The Balaban J connectivity index is 2.39. The minimum absolute atomic E-state index is 0.375. The van der Waals surface area contributed by atoms with Crippen molar-refractivity contribution < 1.29 is 19.1 Å². The molecule has 4 nitrogen and oxygen atoms in total. The van der Waals surface area contributed by atoms with Crippen LogP contribution in [0.2, 0.25) is 0 Å². The van der Waals surface area contributed by atoms with Crippen molar-refractivity contribution in [1.82, 2.24) is 0 Å². The van der Waals surface area contributed by atoms with Crippen molar-refractivity contribution in [2.75, 3.05) is 6.61 Å². The van der Waals surface area contributed by atoms with Crippen LogP contribution in [0.3, 0.4) is 0 Å². The Bertz CT molecular complexity index is 314. The van der Waals surface area contributed by atoms with Gasteiger partial charge in [-0.1, -0.05) is 64.2 Å². The third-order valence-corrected chi connectivity index (χ3v) is 4.18. The molecule has 1 aliphatic rings. The SMILES string of the molecule is CC(=O)OC1CCCCCCCCCCCCCCOC1=O. The molecule has 0 aromatic heterocycles. The molecule has 4 heteroatoms. The van der Waals surface area contributed by atoms with Gasteiger partial charge in [0.25, 0.3) is 0 Å². The highest BCUT2D eigenvalue weighted by atomic mass is 16.6. The lowest BCUT2D eigenvalue weighted by Gasteiger charge is -2.16. The zero-order valence-corrected chi connectivity index (χ0v) is 14.1. The molecule has 1 rings (SSSR count). The molecule has 0 aliphatic carbocycles. The maximum atomic E-state index is 12.0. The zero-order chi connectivity index (χ0) is 16.0. The van der Waals surface area contributed by atoms with Crippen LogP contribution in [0, 0.1) is 0 Å². The summed E-state index contributed by atoms with van der Waals surface area (Å²) in [4.78, 5) is 23.1. The molecule has 1 saturated heterocycles. The maximum absolute atomic E-state index is 12.0. The maximum Gasteiger partial charge on any atom is 0.347 e. The van der Waals surface area contributed by atoms with Crippen LogP contribution in [0.25, 0.3) is 0 Å². The summed E-state index contributed by atoms with van der Waals surface area (Å²) in [7, 11) is 0. The van der Waals surface area contributed by atoms with Crippen molar-refractivity contribution in [3.05, 3.63) is 0 Å². The summed E-state index contributed by atoms with van der Waals surface area (Å²) in [6.45, 7) is 1.78. The van der Waals surface area contributed by atoms with Crippen LogP contribution in [0.1, 0.15) is 90.4 Å². The molecule has 0 amide bonds. The molecule has 0 radical (unpaired) electrons. The molecule has 1 atom stereocenters. The van der Waals surface area contributed by atoms with Gasteiger partial charge in [-0.3, -0.25) is 4.79 Å². The highest BCUT2D eigenvalue weighted by Gasteiger charge is 2.22. The van der Waals surface area contributed by atoms with Crippen molar-refractivity contribution in [1.29, 1.82) is 0 Å². The number of hydrogen-bond donors (Lipinski definition) is 0. The number of esters is 2. The van der Waals surface area contributed by atoms with Crippen molar-refractivity contribution >= 4 is 11.9 Å². The highest BCUT2D eigenvalue weighted by Crippen LogP contribution is 2.15. The van der Waals surface area contributed by atoms with E-state index in [0.717, 1.165) is 25.7 Å². The summed E-state index contributed by atoms with van der Waals surface area (Å²) in [5.74, 6) is -0.785. The Morgan fingerprint density at radius 3 is 1.82 bits per heavy atom. The minimum atomic E-state index is -0.715. The fraction of sp³-hybridized carbons (Fsp3) is 0.889. The Kier molecular flexibility index (Phi) is 10.8. The highest BCUT2D eigenvalue weighted by molar-refractivity contribution is 5.78. The lowest BCUT2D eigenvalue weighted by molar-refractivity contribution is -0.167. The number of carbonyl (C=O) groups excluding carboxylic acids is 2. The Morgan fingerprint density at radius 2 is 1.32 bits per heavy atom. The first-order valence-electron chi connectivity index (χ1n) is 9.04. The first-order chi connectivity index (χ1) is 10.7. The molecule has 0 spiro atoms. The van der Waals surface area contributed by atoms with Gasteiger partial charge in [0, 0.05) is 6.92 Å². The third-order valence-electron chi connectivity index (χ3n) is 4.18. The molecule has 1 aliphatic heterocycles. The van der Waals surface area contributed by atoms with Crippen molar-refractivity contribution in [2.24, 2.45) is 0 Å². The molecule has 0 bridgehead atoms. The predicted octanol–water partition coefficient (Wildman–Crippen LogP) is 4.55. The Morgan fingerprint density at radius 1 is 0.864 bits per heavy atom. The van der Waals surface area contributed by atoms with Gasteiger partial charge in [-0.2, -0.15) is 0 Å². The van der Waals surface area contributed by atoms with Crippen LogP contribution < -0.4 is 0 Å². The van der Waals surface area contributed by atoms with E-state index in [1.54, 1.807) is 0 Å². The first-order valence-corrected chi connectivity index (χ1v) is 9.04. The van der Waals surface area contributed by atoms with E-state index >= 15 is 0 Å². The molecule has 22 heavy (non-hydrogen) atoms. The number of carbonyl (C=O) groups is 2. The second-order valence-corrected chi connectivity index (χ2v) is 6.30. The normalized spacial score (nSPS) is 24.0. The monoisotopic (exact) mass is 312 g/mol. The molecule has 128 valence electrons. The minimum Gasteiger partial charge on any atom is -0.463 e. The lowest BCUT2D eigenvalue weighted by Crippen LogP contribution is -2.28. The van der Waals surface area contributed by atoms with E-state index in [9.17, 15) is 9.59 Å². The summed E-state index contributed by atoms with van der Waals surface area (Å²) >= 11 is 0. The van der Waals surface area contributed by atoms with Gasteiger partial charge in [-0.25, -0.2) is 4.79 Å². The number of rotatable bonds is 1.